The van der Waals surface area contributed by atoms with Gasteiger partial charge in [-0.25, -0.2) is 0 Å². The van der Waals surface area contributed by atoms with Gasteiger partial charge in [-0.05, 0) is 37.6 Å². The van der Waals surface area contributed by atoms with E-state index in [9.17, 15) is 5.26 Å². The molecule has 5 heteroatoms. The van der Waals surface area contributed by atoms with Crippen molar-refractivity contribution in [2.24, 2.45) is 0 Å². The maximum atomic E-state index is 9.76. The van der Waals surface area contributed by atoms with E-state index >= 15 is 0 Å². The highest BCUT2D eigenvalue weighted by molar-refractivity contribution is 5.45. The summed E-state index contributed by atoms with van der Waals surface area (Å²) in [5.74, 6) is 1.44. The number of nitrogens with zero attached hydrogens (tertiary/aromatic N) is 3. The number of likely N-dealkylation sites (N-methyl/N-ethyl adjacent to an activating group) is 1. The zero-order valence-electron chi connectivity index (χ0n) is 15.3. The molecule has 1 aliphatic rings. The zero-order valence-corrected chi connectivity index (χ0v) is 15.3. The van der Waals surface area contributed by atoms with Gasteiger partial charge in [0.2, 0.25) is 0 Å². The predicted octanol–water partition coefficient (Wildman–Crippen LogP) is 3.07. The molecule has 1 aliphatic heterocycles. The van der Waals surface area contributed by atoms with Crippen molar-refractivity contribution in [1.29, 1.82) is 5.26 Å². The SMILES string of the molecule is CCCOc1cc(C(C#N)N2CCN(CC)C(C)C2)ccc1OC. The normalized spacial score (nSPS) is 20.4. The monoisotopic (exact) mass is 331 g/mol. The molecule has 1 heterocycles. The van der Waals surface area contributed by atoms with Crippen LogP contribution in [0.3, 0.4) is 0 Å². The second kappa shape index (κ2) is 8.91. The van der Waals surface area contributed by atoms with E-state index in [1.54, 1.807) is 7.11 Å². The summed E-state index contributed by atoms with van der Waals surface area (Å²) in [5.41, 5.74) is 0.974. The molecule has 1 aromatic carbocycles. The lowest BCUT2D eigenvalue weighted by Crippen LogP contribution is -2.52. The minimum absolute atomic E-state index is 0.249. The van der Waals surface area contributed by atoms with Crippen LogP contribution >= 0.6 is 0 Å². The minimum Gasteiger partial charge on any atom is -0.493 e. The summed E-state index contributed by atoms with van der Waals surface area (Å²) in [6.07, 6.45) is 0.936. The summed E-state index contributed by atoms with van der Waals surface area (Å²) >= 11 is 0. The Kier molecular flexibility index (Phi) is 6.89. The molecule has 2 unspecified atom stereocenters. The quantitative estimate of drug-likeness (QED) is 0.768. The van der Waals surface area contributed by atoms with Gasteiger partial charge in [0.25, 0.3) is 0 Å². The highest BCUT2D eigenvalue weighted by Crippen LogP contribution is 2.33. The van der Waals surface area contributed by atoms with E-state index < -0.39 is 0 Å². The molecular formula is C19H29N3O2. The Bertz CT molecular complexity index is 570. The zero-order chi connectivity index (χ0) is 17.5. The van der Waals surface area contributed by atoms with Crippen molar-refractivity contribution < 1.29 is 9.47 Å². The van der Waals surface area contributed by atoms with Gasteiger partial charge >= 0.3 is 0 Å². The van der Waals surface area contributed by atoms with Crippen molar-refractivity contribution in [1.82, 2.24) is 9.80 Å². The van der Waals surface area contributed by atoms with Crippen LogP contribution in [0.5, 0.6) is 11.5 Å². The molecule has 0 saturated carbocycles. The molecule has 0 aromatic heterocycles. The number of piperazine rings is 1. The number of rotatable bonds is 7. The van der Waals surface area contributed by atoms with Gasteiger partial charge < -0.3 is 9.47 Å². The second-order valence-electron chi connectivity index (χ2n) is 6.26. The summed E-state index contributed by atoms with van der Waals surface area (Å²) < 4.78 is 11.2. The highest BCUT2D eigenvalue weighted by atomic mass is 16.5. The van der Waals surface area contributed by atoms with Crippen LogP contribution in [0.1, 0.15) is 38.8 Å². The Labute approximate surface area is 145 Å². The van der Waals surface area contributed by atoms with Gasteiger partial charge in [0.05, 0.1) is 19.8 Å². The number of methoxy groups -OCH3 is 1. The van der Waals surface area contributed by atoms with E-state index in [0.29, 0.717) is 18.4 Å². The van der Waals surface area contributed by atoms with Crippen molar-refractivity contribution in [2.45, 2.75) is 39.3 Å². The summed E-state index contributed by atoms with van der Waals surface area (Å²) in [6.45, 7) is 11.0. The highest BCUT2D eigenvalue weighted by Gasteiger charge is 2.29. The first-order valence-corrected chi connectivity index (χ1v) is 8.83. The third kappa shape index (κ3) is 4.19. The third-order valence-corrected chi connectivity index (χ3v) is 4.66. The van der Waals surface area contributed by atoms with Crippen LogP contribution in [-0.4, -0.2) is 55.7 Å². The van der Waals surface area contributed by atoms with Gasteiger partial charge in [-0.15, -0.1) is 0 Å². The average Bonchev–Trinajstić information content (AvgIpc) is 2.61. The van der Waals surface area contributed by atoms with Gasteiger partial charge in [-0.1, -0.05) is 19.9 Å². The minimum atomic E-state index is -0.249. The first kappa shape index (κ1) is 18.6. The largest absolute Gasteiger partial charge is 0.493 e. The fourth-order valence-corrected chi connectivity index (χ4v) is 3.28. The van der Waals surface area contributed by atoms with Gasteiger partial charge in [-0.3, -0.25) is 9.80 Å². The Morgan fingerprint density at radius 2 is 2.08 bits per heavy atom. The Morgan fingerprint density at radius 3 is 2.67 bits per heavy atom. The molecular weight excluding hydrogens is 302 g/mol. The molecule has 0 bridgehead atoms. The van der Waals surface area contributed by atoms with E-state index in [4.69, 9.17) is 9.47 Å². The molecule has 0 amide bonds. The fourth-order valence-electron chi connectivity index (χ4n) is 3.28. The lowest BCUT2D eigenvalue weighted by atomic mass is 10.0. The number of hydrogen-bond donors (Lipinski definition) is 0. The Hall–Kier alpha value is -1.77. The van der Waals surface area contributed by atoms with E-state index in [1.165, 1.54) is 0 Å². The lowest BCUT2D eigenvalue weighted by Gasteiger charge is -2.41. The maximum Gasteiger partial charge on any atom is 0.161 e. The molecule has 1 fully saturated rings. The Balaban J connectivity index is 2.20. The van der Waals surface area contributed by atoms with Crippen molar-refractivity contribution >= 4 is 0 Å². The molecule has 0 aliphatic carbocycles. The fraction of sp³-hybridized carbons (Fsp3) is 0.632. The van der Waals surface area contributed by atoms with Crippen LogP contribution in [0.25, 0.3) is 0 Å². The van der Waals surface area contributed by atoms with Crippen LogP contribution in [0, 0.1) is 11.3 Å². The first-order chi connectivity index (χ1) is 11.6. The van der Waals surface area contributed by atoms with Crippen molar-refractivity contribution in [2.75, 3.05) is 39.9 Å². The van der Waals surface area contributed by atoms with Gasteiger partial charge in [0.1, 0.15) is 6.04 Å². The molecule has 1 aromatic rings. The van der Waals surface area contributed by atoms with Crippen LogP contribution in [0.4, 0.5) is 0 Å². The molecule has 1 saturated heterocycles. The molecule has 2 atom stereocenters. The smallest absolute Gasteiger partial charge is 0.161 e. The summed E-state index contributed by atoms with van der Waals surface area (Å²) in [6, 6.07) is 8.52. The predicted molar refractivity (Wildman–Crippen MR) is 95.4 cm³/mol. The number of nitriles is 1. The molecule has 0 N–H and O–H groups in total. The third-order valence-electron chi connectivity index (χ3n) is 4.66. The van der Waals surface area contributed by atoms with Crippen molar-refractivity contribution in [3.8, 4) is 17.6 Å². The lowest BCUT2D eigenvalue weighted by molar-refractivity contribution is 0.0729. The molecule has 24 heavy (non-hydrogen) atoms. The van der Waals surface area contributed by atoms with E-state index in [1.807, 2.05) is 18.2 Å². The van der Waals surface area contributed by atoms with Crippen LogP contribution in [0.15, 0.2) is 18.2 Å². The summed E-state index contributed by atoms with van der Waals surface area (Å²) in [5, 5.41) is 9.76. The van der Waals surface area contributed by atoms with Crippen LogP contribution in [0.2, 0.25) is 0 Å². The summed E-state index contributed by atoms with van der Waals surface area (Å²) in [4.78, 5) is 4.72. The van der Waals surface area contributed by atoms with E-state index in [-0.39, 0.29) is 6.04 Å². The van der Waals surface area contributed by atoms with E-state index in [2.05, 4.69) is 36.6 Å². The maximum absolute atomic E-state index is 9.76. The van der Waals surface area contributed by atoms with Crippen LogP contribution < -0.4 is 9.47 Å². The van der Waals surface area contributed by atoms with E-state index in [0.717, 1.165) is 43.9 Å². The van der Waals surface area contributed by atoms with Crippen molar-refractivity contribution in [3.05, 3.63) is 23.8 Å². The van der Waals surface area contributed by atoms with Crippen molar-refractivity contribution in [3.63, 3.8) is 0 Å². The summed E-state index contributed by atoms with van der Waals surface area (Å²) in [7, 11) is 1.64. The standard InChI is InChI=1S/C19H29N3O2/c1-5-11-24-19-12-16(7-8-18(19)23-4)17(13-20)22-10-9-21(6-2)15(3)14-22/h7-8,12,15,17H,5-6,9-11,14H2,1-4H3. The Morgan fingerprint density at radius 1 is 1.29 bits per heavy atom. The van der Waals surface area contributed by atoms with Gasteiger partial charge in [-0.2, -0.15) is 5.26 Å². The van der Waals surface area contributed by atoms with Gasteiger partial charge in [0.15, 0.2) is 11.5 Å². The second-order valence-corrected chi connectivity index (χ2v) is 6.26. The topological polar surface area (TPSA) is 48.7 Å². The molecule has 0 radical (unpaired) electrons. The number of benzene rings is 1. The molecule has 0 spiro atoms. The molecule has 5 nitrogen and oxygen atoms in total. The average molecular weight is 331 g/mol. The molecule has 132 valence electrons. The molecule has 2 rings (SSSR count). The number of hydrogen-bond acceptors (Lipinski definition) is 5. The number of ether oxygens (including phenoxy) is 2. The van der Waals surface area contributed by atoms with Gasteiger partial charge in [0, 0.05) is 25.7 Å². The first-order valence-electron chi connectivity index (χ1n) is 8.83. The van der Waals surface area contributed by atoms with Crippen LogP contribution in [-0.2, 0) is 0 Å².